The van der Waals surface area contributed by atoms with Gasteiger partial charge < -0.3 is 0 Å². The van der Waals surface area contributed by atoms with Gasteiger partial charge in [-0.1, -0.05) is 42.5 Å². The summed E-state index contributed by atoms with van der Waals surface area (Å²) in [6.45, 7) is 0. The van der Waals surface area contributed by atoms with Crippen LogP contribution in [-0.4, -0.2) is 15.4 Å². The van der Waals surface area contributed by atoms with Crippen molar-refractivity contribution in [2.24, 2.45) is 0 Å². The fourth-order valence-electron chi connectivity index (χ4n) is 2.73. The molecule has 0 amide bonds. The molecule has 2 aromatic carbocycles. The maximum absolute atomic E-state index is 4.19. The minimum Gasteiger partial charge on any atom is -0.197 e. The van der Waals surface area contributed by atoms with Gasteiger partial charge in [0.1, 0.15) is 5.69 Å². The third kappa shape index (κ3) is 1.24. The molecule has 1 aromatic heterocycles. The fraction of sp³-hybridized carbons (Fsp3) is 0.0667. The van der Waals surface area contributed by atoms with Crippen molar-refractivity contribution < 1.29 is 0 Å². The predicted octanol–water partition coefficient (Wildman–Crippen LogP) is 3.04. The Bertz CT molecular complexity index is 714. The van der Waals surface area contributed by atoms with E-state index in [0.29, 0.717) is 0 Å². The van der Waals surface area contributed by atoms with Gasteiger partial charge in [0, 0.05) is 5.56 Å². The lowest BCUT2D eigenvalue weighted by atomic mass is 10.00. The van der Waals surface area contributed by atoms with E-state index in [0.717, 1.165) is 12.1 Å². The summed E-state index contributed by atoms with van der Waals surface area (Å²) < 4.78 is 0. The number of nitrogens with one attached hydrogen (secondary N) is 1. The number of benzene rings is 2. The summed E-state index contributed by atoms with van der Waals surface area (Å²) >= 11 is 0. The lowest BCUT2D eigenvalue weighted by Crippen LogP contribution is -1.88. The maximum atomic E-state index is 4.19. The van der Waals surface area contributed by atoms with Crippen LogP contribution in [0.1, 0.15) is 11.1 Å². The monoisotopic (exact) mass is 233 g/mol. The Morgan fingerprint density at radius 3 is 2.61 bits per heavy atom. The Kier molecular flexibility index (Phi) is 1.88. The zero-order chi connectivity index (χ0) is 11.9. The van der Waals surface area contributed by atoms with Crippen molar-refractivity contribution in [3.63, 3.8) is 0 Å². The molecule has 3 aromatic rings. The van der Waals surface area contributed by atoms with Gasteiger partial charge in [-0.05, 0) is 28.7 Å². The van der Waals surface area contributed by atoms with Gasteiger partial charge in [-0.25, -0.2) is 0 Å². The van der Waals surface area contributed by atoms with Crippen molar-refractivity contribution >= 4 is 0 Å². The summed E-state index contributed by atoms with van der Waals surface area (Å²) in [7, 11) is 0. The molecule has 86 valence electrons. The van der Waals surface area contributed by atoms with Crippen molar-refractivity contribution in [1.29, 1.82) is 0 Å². The van der Waals surface area contributed by atoms with Gasteiger partial charge in [-0.2, -0.15) is 15.4 Å². The molecule has 0 aliphatic heterocycles. The molecule has 1 aliphatic carbocycles. The highest BCUT2D eigenvalue weighted by Crippen LogP contribution is 2.40. The van der Waals surface area contributed by atoms with Crippen molar-refractivity contribution in [1.82, 2.24) is 15.4 Å². The van der Waals surface area contributed by atoms with Crippen molar-refractivity contribution in [3.8, 4) is 22.4 Å². The molecule has 18 heavy (non-hydrogen) atoms. The number of hydrogen-bond acceptors (Lipinski definition) is 2. The molecule has 0 saturated heterocycles. The number of nitrogens with zero attached hydrogens (tertiary/aromatic N) is 2. The maximum Gasteiger partial charge on any atom is 0.113 e. The average molecular weight is 233 g/mol. The molecule has 0 spiro atoms. The van der Waals surface area contributed by atoms with E-state index >= 15 is 0 Å². The molecule has 0 radical (unpaired) electrons. The average Bonchev–Trinajstić information content (AvgIpc) is 3.05. The first-order valence-electron chi connectivity index (χ1n) is 6.00. The molecular weight excluding hydrogens is 222 g/mol. The van der Waals surface area contributed by atoms with E-state index in [1.165, 1.54) is 27.8 Å². The van der Waals surface area contributed by atoms with Gasteiger partial charge in [0.25, 0.3) is 0 Å². The van der Waals surface area contributed by atoms with E-state index in [4.69, 9.17) is 0 Å². The second-order valence-corrected chi connectivity index (χ2v) is 4.52. The summed E-state index contributed by atoms with van der Waals surface area (Å²) in [6.07, 6.45) is 2.76. The molecule has 3 nitrogen and oxygen atoms in total. The second-order valence-electron chi connectivity index (χ2n) is 4.52. The van der Waals surface area contributed by atoms with Crippen LogP contribution in [0.2, 0.25) is 0 Å². The number of fused-ring (bicyclic) bond motifs is 3. The summed E-state index contributed by atoms with van der Waals surface area (Å²) in [5, 5.41) is 10.8. The van der Waals surface area contributed by atoms with Crippen LogP contribution in [0.4, 0.5) is 0 Å². The van der Waals surface area contributed by atoms with Gasteiger partial charge in [-0.3, -0.25) is 0 Å². The fourth-order valence-corrected chi connectivity index (χ4v) is 2.73. The Morgan fingerprint density at radius 2 is 1.72 bits per heavy atom. The molecule has 3 heteroatoms. The smallest absolute Gasteiger partial charge is 0.113 e. The van der Waals surface area contributed by atoms with E-state index in [1.807, 2.05) is 0 Å². The second kappa shape index (κ2) is 3.53. The number of hydrogen-bond donors (Lipinski definition) is 1. The summed E-state index contributed by atoms with van der Waals surface area (Å²) in [6, 6.07) is 15.0. The van der Waals surface area contributed by atoms with E-state index in [1.54, 1.807) is 6.20 Å². The highest BCUT2D eigenvalue weighted by atomic mass is 15.3. The topological polar surface area (TPSA) is 41.6 Å². The molecule has 0 saturated carbocycles. The Balaban J connectivity index is 1.97. The van der Waals surface area contributed by atoms with Crippen LogP contribution >= 0.6 is 0 Å². The van der Waals surface area contributed by atoms with Crippen LogP contribution in [0.15, 0.2) is 48.7 Å². The van der Waals surface area contributed by atoms with Crippen LogP contribution in [-0.2, 0) is 6.42 Å². The Morgan fingerprint density at radius 1 is 0.889 bits per heavy atom. The molecule has 1 N–H and O–H groups in total. The quantitative estimate of drug-likeness (QED) is 0.549. The summed E-state index contributed by atoms with van der Waals surface area (Å²) in [4.78, 5) is 0. The van der Waals surface area contributed by atoms with Crippen LogP contribution in [0.3, 0.4) is 0 Å². The third-order valence-electron chi connectivity index (χ3n) is 3.54. The van der Waals surface area contributed by atoms with E-state index < -0.39 is 0 Å². The minimum absolute atomic E-state index is 0.916. The first kappa shape index (κ1) is 9.59. The van der Waals surface area contributed by atoms with E-state index in [2.05, 4.69) is 57.9 Å². The lowest BCUT2D eigenvalue weighted by molar-refractivity contribution is 0.941. The van der Waals surface area contributed by atoms with E-state index in [-0.39, 0.29) is 0 Å². The summed E-state index contributed by atoms with van der Waals surface area (Å²) in [5.41, 5.74) is 7.51. The van der Waals surface area contributed by atoms with Gasteiger partial charge in [-0.15, -0.1) is 0 Å². The van der Waals surface area contributed by atoms with Gasteiger partial charge in [0.2, 0.25) is 0 Å². The standard InChI is InChI=1S/C15H11N3/c1-2-5-11-10(4-1)8-14-12(11)6-3-7-13(14)15-9-16-18-17-15/h1-7,9H,8H2,(H,16,17,18). The lowest BCUT2D eigenvalue weighted by Gasteiger charge is -2.05. The number of H-pyrrole nitrogens is 1. The van der Waals surface area contributed by atoms with Crippen LogP contribution in [0, 0.1) is 0 Å². The summed E-state index contributed by atoms with van der Waals surface area (Å²) in [5.74, 6) is 0. The number of aromatic amines is 1. The van der Waals surface area contributed by atoms with Gasteiger partial charge in [0.05, 0.1) is 6.20 Å². The molecular formula is C15H11N3. The molecule has 0 unspecified atom stereocenters. The molecule has 0 bridgehead atoms. The van der Waals surface area contributed by atoms with Crippen molar-refractivity contribution in [2.75, 3.05) is 0 Å². The first-order valence-corrected chi connectivity index (χ1v) is 6.00. The largest absolute Gasteiger partial charge is 0.197 e. The highest BCUT2D eigenvalue weighted by Gasteiger charge is 2.21. The molecule has 0 fully saturated rings. The minimum atomic E-state index is 0.916. The normalized spacial score (nSPS) is 12.2. The van der Waals surface area contributed by atoms with Crippen molar-refractivity contribution in [3.05, 3.63) is 59.8 Å². The van der Waals surface area contributed by atoms with Crippen LogP contribution < -0.4 is 0 Å². The van der Waals surface area contributed by atoms with E-state index in [9.17, 15) is 0 Å². The third-order valence-corrected chi connectivity index (χ3v) is 3.54. The zero-order valence-corrected chi connectivity index (χ0v) is 9.72. The molecule has 0 atom stereocenters. The SMILES string of the molecule is c1ccc2c(c1)Cc1c(-c3cn[nH]n3)cccc1-2. The molecule has 4 rings (SSSR count). The van der Waals surface area contributed by atoms with Gasteiger partial charge in [0.15, 0.2) is 0 Å². The molecule has 1 aliphatic rings. The Labute approximate surface area is 104 Å². The van der Waals surface area contributed by atoms with Gasteiger partial charge >= 0.3 is 0 Å². The van der Waals surface area contributed by atoms with Crippen LogP contribution in [0.5, 0.6) is 0 Å². The number of aromatic nitrogens is 3. The molecule has 1 heterocycles. The highest BCUT2D eigenvalue weighted by molar-refractivity contribution is 5.83. The van der Waals surface area contributed by atoms with Crippen LogP contribution in [0.25, 0.3) is 22.4 Å². The van der Waals surface area contributed by atoms with Crippen molar-refractivity contribution in [2.45, 2.75) is 6.42 Å². The Hall–Kier alpha value is -2.42. The first-order chi connectivity index (χ1) is 8.93. The predicted molar refractivity (Wildman–Crippen MR) is 70.1 cm³/mol. The zero-order valence-electron chi connectivity index (χ0n) is 9.72. The number of rotatable bonds is 1.